The number of fused-ring (bicyclic) bond motifs is 1. The molecule has 0 spiro atoms. The molecule has 1 aliphatic heterocycles. The van der Waals surface area contributed by atoms with Crippen LogP contribution in [0.15, 0.2) is 12.1 Å². The fourth-order valence-corrected chi connectivity index (χ4v) is 2.30. The monoisotopic (exact) mass is 273 g/mol. The molecule has 102 valence electrons. The fourth-order valence-electron chi connectivity index (χ4n) is 2.30. The molecule has 0 saturated carbocycles. The van der Waals surface area contributed by atoms with Crippen molar-refractivity contribution < 1.29 is 14.2 Å². The van der Waals surface area contributed by atoms with Crippen LogP contribution in [-0.2, 0) is 0 Å². The van der Waals surface area contributed by atoms with E-state index in [1.54, 1.807) is 14.2 Å². The predicted molar refractivity (Wildman–Crippen MR) is 73.6 cm³/mol. The summed E-state index contributed by atoms with van der Waals surface area (Å²) in [5, 5.41) is 3.22. The van der Waals surface area contributed by atoms with Gasteiger partial charge in [0, 0.05) is 18.0 Å². The third kappa shape index (κ3) is 2.65. The van der Waals surface area contributed by atoms with Crippen LogP contribution in [0.4, 0.5) is 0 Å². The van der Waals surface area contributed by atoms with Crippen LogP contribution in [0.2, 0.25) is 0 Å². The molecule has 18 heavy (non-hydrogen) atoms. The first-order valence-electron chi connectivity index (χ1n) is 5.84. The number of methoxy groups -OCH3 is 2. The molecule has 4 nitrogen and oxygen atoms in total. The van der Waals surface area contributed by atoms with Crippen molar-refractivity contribution in [3.05, 3.63) is 17.7 Å². The van der Waals surface area contributed by atoms with Gasteiger partial charge in [-0.1, -0.05) is 6.07 Å². The highest BCUT2D eigenvalue weighted by molar-refractivity contribution is 5.85. The summed E-state index contributed by atoms with van der Waals surface area (Å²) in [4.78, 5) is 0. The molecule has 1 N–H and O–H groups in total. The summed E-state index contributed by atoms with van der Waals surface area (Å²) in [5.41, 5.74) is 1.20. The Kier molecular flexibility index (Phi) is 5.56. The third-order valence-electron chi connectivity index (χ3n) is 3.13. The number of rotatable bonds is 4. The standard InChI is InChI=1S/C13H19NO3.ClH/c1-14-8-9-6-7-17-12-10(9)4-5-11(15-2)13(12)16-3;/h4-5,9,14H,6-8H2,1-3H3;1H. The quantitative estimate of drug-likeness (QED) is 0.913. The van der Waals surface area contributed by atoms with Gasteiger partial charge in [-0.3, -0.25) is 0 Å². The van der Waals surface area contributed by atoms with E-state index in [4.69, 9.17) is 14.2 Å². The Balaban J connectivity index is 0.00000162. The number of ether oxygens (including phenoxy) is 3. The molecule has 5 heteroatoms. The molecule has 1 aliphatic rings. The summed E-state index contributed by atoms with van der Waals surface area (Å²) < 4.78 is 16.4. The number of benzene rings is 1. The highest BCUT2D eigenvalue weighted by Crippen LogP contribution is 2.45. The normalized spacial score (nSPS) is 17.2. The van der Waals surface area contributed by atoms with Gasteiger partial charge in [0.25, 0.3) is 0 Å². The molecular formula is C13H20ClNO3. The van der Waals surface area contributed by atoms with Gasteiger partial charge in [-0.25, -0.2) is 0 Å². The minimum absolute atomic E-state index is 0. The highest BCUT2D eigenvalue weighted by atomic mass is 35.5. The first-order valence-corrected chi connectivity index (χ1v) is 5.84. The summed E-state index contributed by atoms with van der Waals surface area (Å²) in [6, 6.07) is 4.01. The molecule has 0 saturated heterocycles. The second-order valence-corrected chi connectivity index (χ2v) is 4.11. The van der Waals surface area contributed by atoms with Gasteiger partial charge in [0.1, 0.15) is 0 Å². The van der Waals surface area contributed by atoms with Crippen molar-refractivity contribution in [3.63, 3.8) is 0 Å². The van der Waals surface area contributed by atoms with Gasteiger partial charge in [0.05, 0.1) is 20.8 Å². The molecule has 1 aromatic rings. The second kappa shape index (κ2) is 6.71. The van der Waals surface area contributed by atoms with E-state index >= 15 is 0 Å². The summed E-state index contributed by atoms with van der Waals surface area (Å²) >= 11 is 0. The number of hydrogen-bond donors (Lipinski definition) is 1. The maximum atomic E-state index is 5.73. The zero-order valence-electron chi connectivity index (χ0n) is 11.0. The maximum absolute atomic E-state index is 5.73. The predicted octanol–water partition coefficient (Wildman–Crippen LogP) is 2.21. The number of halogens is 1. The van der Waals surface area contributed by atoms with E-state index in [1.807, 2.05) is 13.1 Å². The lowest BCUT2D eigenvalue weighted by Crippen LogP contribution is -2.23. The van der Waals surface area contributed by atoms with E-state index in [0.29, 0.717) is 11.7 Å². The molecular weight excluding hydrogens is 254 g/mol. The third-order valence-corrected chi connectivity index (χ3v) is 3.13. The summed E-state index contributed by atoms with van der Waals surface area (Å²) in [6.45, 7) is 1.68. The molecule has 1 atom stereocenters. The van der Waals surface area contributed by atoms with E-state index in [1.165, 1.54) is 5.56 Å². The molecule has 1 heterocycles. The molecule has 0 amide bonds. The average molecular weight is 274 g/mol. The van der Waals surface area contributed by atoms with Crippen molar-refractivity contribution in [2.75, 3.05) is 34.4 Å². The van der Waals surface area contributed by atoms with Crippen LogP contribution in [-0.4, -0.2) is 34.4 Å². The van der Waals surface area contributed by atoms with Gasteiger partial charge in [-0.2, -0.15) is 0 Å². The smallest absolute Gasteiger partial charge is 0.203 e. The molecule has 2 rings (SSSR count). The SMILES string of the molecule is CNCC1CCOc2c1ccc(OC)c2OC.Cl. The Morgan fingerprint density at radius 2 is 2.11 bits per heavy atom. The fraction of sp³-hybridized carbons (Fsp3) is 0.538. The van der Waals surface area contributed by atoms with E-state index in [-0.39, 0.29) is 12.4 Å². The van der Waals surface area contributed by atoms with Crippen LogP contribution in [0, 0.1) is 0 Å². The molecule has 0 radical (unpaired) electrons. The Labute approximate surface area is 114 Å². The van der Waals surface area contributed by atoms with E-state index in [2.05, 4.69) is 11.4 Å². The Hall–Kier alpha value is -1.13. The van der Waals surface area contributed by atoms with Gasteiger partial charge in [0.2, 0.25) is 5.75 Å². The van der Waals surface area contributed by atoms with Crippen molar-refractivity contribution >= 4 is 12.4 Å². The molecule has 0 aromatic heterocycles. The van der Waals surface area contributed by atoms with Gasteiger partial charge in [-0.05, 0) is 19.5 Å². The zero-order chi connectivity index (χ0) is 12.3. The first-order chi connectivity index (χ1) is 8.31. The molecule has 1 unspecified atom stereocenters. The minimum Gasteiger partial charge on any atom is -0.493 e. The Morgan fingerprint density at radius 1 is 1.33 bits per heavy atom. The van der Waals surface area contributed by atoms with E-state index in [9.17, 15) is 0 Å². The lowest BCUT2D eigenvalue weighted by molar-refractivity contribution is 0.245. The van der Waals surface area contributed by atoms with Crippen molar-refractivity contribution in [2.24, 2.45) is 0 Å². The van der Waals surface area contributed by atoms with Gasteiger partial charge >= 0.3 is 0 Å². The largest absolute Gasteiger partial charge is 0.493 e. The molecule has 0 fully saturated rings. The summed E-state index contributed by atoms with van der Waals surface area (Å²) in [7, 11) is 5.25. The zero-order valence-corrected chi connectivity index (χ0v) is 11.8. The van der Waals surface area contributed by atoms with Crippen molar-refractivity contribution in [2.45, 2.75) is 12.3 Å². The van der Waals surface area contributed by atoms with Gasteiger partial charge < -0.3 is 19.5 Å². The van der Waals surface area contributed by atoms with Gasteiger partial charge in [-0.15, -0.1) is 12.4 Å². The van der Waals surface area contributed by atoms with Gasteiger partial charge in [0.15, 0.2) is 11.5 Å². The lowest BCUT2D eigenvalue weighted by Gasteiger charge is -2.27. The Morgan fingerprint density at radius 3 is 2.72 bits per heavy atom. The highest BCUT2D eigenvalue weighted by Gasteiger charge is 2.26. The van der Waals surface area contributed by atoms with Crippen molar-refractivity contribution in [1.82, 2.24) is 5.32 Å². The second-order valence-electron chi connectivity index (χ2n) is 4.11. The lowest BCUT2D eigenvalue weighted by atomic mass is 9.92. The molecule has 1 aromatic carbocycles. The number of likely N-dealkylation sites (N-methyl/N-ethyl adjacent to an activating group) is 1. The summed E-state index contributed by atoms with van der Waals surface area (Å²) in [6.07, 6.45) is 1.03. The number of hydrogen-bond acceptors (Lipinski definition) is 4. The summed E-state index contributed by atoms with van der Waals surface area (Å²) in [5.74, 6) is 2.73. The average Bonchev–Trinajstić information content (AvgIpc) is 2.38. The first kappa shape index (κ1) is 14.9. The van der Waals surface area contributed by atoms with Crippen LogP contribution in [0.3, 0.4) is 0 Å². The van der Waals surface area contributed by atoms with Crippen LogP contribution in [0.1, 0.15) is 17.9 Å². The van der Waals surface area contributed by atoms with Crippen LogP contribution in [0.5, 0.6) is 17.2 Å². The van der Waals surface area contributed by atoms with Crippen molar-refractivity contribution in [3.8, 4) is 17.2 Å². The van der Waals surface area contributed by atoms with E-state index in [0.717, 1.165) is 31.1 Å². The maximum Gasteiger partial charge on any atom is 0.203 e. The van der Waals surface area contributed by atoms with Crippen LogP contribution < -0.4 is 19.5 Å². The van der Waals surface area contributed by atoms with E-state index < -0.39 is 0 Å². The van der Waals surface area contributed by atoms with Crippen molar-refractivity contribution in [1.29, 1.82) is 0 Å². The van der Waals surface area contributed by atoms with Crippen LogP contribution in [0.25, 0.3) is 0 Å². The minimum atomic E-state index is 0. The topological polar surface area (TPSA) is 39.7 Å². The Bertz CT molecular complexity index is 398. The molecule has 0 aliphatic carbocycles. The number of nitrogens with one attached hydrogen (secondary N) is 1. The molecule has 0 bridgehead atoms. The van der Waals surface area contributed by atoms with Crippen LogP contribution >= 0.6 is 12.4 Å².